The lowest BCUT2D eigenvalue weighted by atomic mass is 9.98. The summed E-state index contributed by atoms with van der Waals surface area (Å²) in [5.41, 5.74) is 1.85. The van der Waals surface area contributed by atoms with Gasteiger partial charge in [0.05, 0.1) is 20.6 Å². The quantitative estimate of drug-likeness (QED) is 0.785. The Kier molecular flexibility index (Phi) is 6.89. The summed E-state index contributed by atoms with van der Waals surface area (Å²) in [5, 5.41) is 2.77. The first-order valence-corrected chi connectivity index (χ1v) is 7.43. The van der Waals surface area contributed by atoms with Gasteiger partial charge in [-0.2, -0.15) is 0 Å². The summed E-state index contributed by atoms with van der Waals surface area (Å²) < 4.78 is 9.97. The fraction of sp³-hybridized carbons (Fsp3) is 0.529. The zero-order chi connectivity index (χ0) is 16.7. The van der Waals surface area contributed by atoms with Gasteiger partial charge in [0.2, 0.25) is 5.91 Å². The molecule has 0 aliphatic rings. The summed E-state index contributed by atoms with van der Waals surface area (Å²) in [6.07, 6.45) is 0.996. The van der Waals surface area contributed by atoms with Crippen molar-refractivity contribution in [3.05, 3.63) is 29.3 Å². The molecule has 1 amide bonds. The molecule has 0 unspecified atom stereocenters. The van der Waals surface area contributed by atoms with Crippen molar-refractivity contribution in [2.24, 2.45) is 5.92 Å². The molecule has 0 aliphatic carbocycles. The second kappa shape index (κ2) is 8.41. The topological polar surface area (TPSA) is 64.6 Å². The van der Waals surface area contributed by atoms with Gasteiger partial charge < -0.3 is 14.8 Å². The van der Waals surface area contributed by atoms with Crippen LogP contribution in [0, 0.1) is 12.8 Å². The molecule has 5 nitrogen and oxygen atoms in total. The van der Waals surface area contributed by atoms with Crippen LogP contribution in [-0.4, -0.2) is 32.1 Å². The van der Waals surface area contributed by atoms with Crippen molar-refractivity contribution in [3.63, 3.8) is 0 Å². The van der Waals surface area contributed by atoms with Crippen molar-refractivity contribution in [3.8, 4) is 5.75 Å². The van der Waals surface area contributed by atoms with Gasteiger partial charge in [-0.1, -0.05) is 32.4 Å². The van der Waals surface area contributed by atoms with Gasteiger partial charge in [-0.05, 0) is 30.0 Å². The van der Waals surface area contributed by atoms with Crippen LogP contribution in [0.1, 0.15) is 31.4 Å². The molecule has 22 heavy (non-hydrogen) atoms. The van der Waals surface area contributed by atoms with Gasteiger partial charge in [0.1, 0.15) is 11.8 Å². The van der Waals surface area contributed by atoms with E-state index < -0.39 is 12.0 Å². The normalized spacial score (nSPS) is 13.1. The van der Waals surface area contributed by atoms with Gasteiger partial charge in [0.15, 0.2) is 0 Å². The molecule has 5 heteroatoms. The number of esters is 1. The number of amides is 1. The van der Waals surface area contributed by atoms with E-state index in [0.29, 0.717) is 0 Å². The van der Waals surface area contributed by atoms with Crippen molar-refractivity contribution in [1.29, 1.82) is 0 Å². The molecule has 122 valence electrons. The second-order valence-corrected chi connectivity index (χ2v) is 5.43. The number of benzene rings is 1. The van der Waals surface area contributed by atoms with Gasteiger partial charge in [0.25, 0.3) is 0 Å². The molecular formula is C17H25NO4. The first-order chi connectivity index (χ1) is 10.4. The number of carbonyl (C=O) groups is 2. The van der Waals surface area contributed by atoms with Crippen molar-refractivity contribution in [2.75, 3.05) is 14.2 Å². The SMILES string of the molecule is CC[C@H](C)[C@H](NC(=O)Cc1ccc(OC)c(C)c1)C(=O)OC. The third-order valence-electron chi connectivity index (χ3n) is 3.81. The summed E-state index contributed by atoms with van der Waals surface area (Å²) in [4.78, 5) is 24.0. The standard InChI is InChI=1S/C17H25NO4/c1-6-11(2)16(17(20)22-5)18-15(19)10-13-7-8-14(21-4)12(3)9-13/h7-9,11,16H,6,10H2,1-5H3,(H,18,19)/t11-,16-/m0/s1. The third-order valence-corrected chi connectivity index (χ3v) is 3.81. The molecule has 2 atom stereocenters. The van der Waals surface area contributed by atoms with Crippen LogP contribution in [0.5, 0.6) is 5.75 Å². The van der Waals surface area contributed by atoms with Crippen molar-refractivity contribution >= 4 is 11.9 Å². The van der Waals surface area contributed by atoms with E-state index in [2.05, 4.69) is 5.32 Å². The molecule has 1 N–H and O–H groups in total. The maximum Gasteiger partial charge on any atom is 0.328 e. The highest BCUT2D eigenvalue weighted by Gasteiger charge is 2.26. The molecule has 0 aliphatic heterocycles. The summed E-state index contributed by atoms with van der Waals surface area (Å²) in [7, 11) is 2.94. The first kappa shape index (κ1) is 18.0. The summed E-state index contributed by atoms with van der Waals surface area (Å²) in [6, 6.07) is 4.99. The maximum absolute atomic E-state index is 12.2. The minimum Gasteiger partial charge on any atom is -0.496 e. The van der Waals surface area contributed by atoms with Gasteiger partial charge >= 0.3 is 5.97 Å². The van der Waals surface area contributed by atoms with Crippen molar-refractivity contribution in [1.82, 2.24) is 5.32 Å². The monoisotopic (exact) mass is 307 g/mol. The summed E-state index contributed by atoms with van der Waals surface area (Å²) >= 11 is 0. The predicted molar refractivity (Wildman–Crippen MR) is 84.8 cm³/mol. The molecule has 0 bridgehead atoms. The van der Waals surface area contributed by atoms with E-state index in [-0.39, 0.29) is 18.2 Å². The largest absolute Gasteiger partial charge is 0.496 e. The van der Waals surface area contributed by atoms with E-state index in [0.717, 1.165) is 23.3 Å². The maximum atomic E-state index is 12.2. The Morgan fingerprint density at radius 3 is 2.45 bits per heavy atom. The Balaban J connectivity index is 2.75. The highest BCUT2D eigenvalue weighted by Crippen LogP contribution is 2.19. The third kappa shape index (κ3) is 4.76. The van der Waals surface area contributed by atoms with Gasteiger partial charge in [-0.15, -0.1) is 0 Å². The lowest BCUT2D eigenvalue weighted by molar-refractivity contribution is -0.146. The van der Waals surface area contributed by atoms with Crippen molar-refractivity contribution in [2.45, 2.75) is 39.7 Å². The lowest BCUT2D eigenvalue weighted by Gasteiger charge is -2.21. The second-order valence-electron chi connectivity index (χ2n) is 5.43. The van der Waals surface area contributed by atoms with Crippen LogP contribution in [0.25, 0.3) is 0 Å². The zero-order valence-electron chi connectivity index (χ0n) is 13.9. The number of aryl methyl sites for hydroxylation is 1. The number of ether oxygens (including phenoxy) is 2. The van der Waals surface area contributed by atoms with Gasteiger partial charge in [-0.3, -0.25) is 4.79 Å². The number of hydrogen-bond donors (Lipinski definition) is 1. The summed E-state index contributed by atoms with van der Waals surface area (Å²) in [5.74, 6) is 0.207. The van der Waals surface area contributed by atoms with E-state index in [1.807, 2.05) is 39.0 Å². The molecule has 0 fully saturated rings. The molecule has 1 rings (SSSR count). The molecule has 0 saturated heterocycles. The van der Waals surface area contributed by atoms with E-state index in [1.54, 1.807) is 7.11 Å². The zero-order valence-corrected chi connectivity index (χ0v) is 13.9. The molecule has 0 aromatic heterocycles. The van der Waals surface area contributed by atoms with Crippen LogP contribution in [0.4, 0.5) is 0 Å². The molecule has 0 saturated carbocycles. The Morgan fingerprint density at radius 2 is 1.95 bits per heavy atom. The van der Waals surface area contributed by atoms with E-state index in [4.69, 9.17) is 9.47 Å². The first-order valence-electron chi connectivity index (χ1n) is 7.43. The fourth-order valence-electron chi connectivity index (χ4n) is 2.26. The number of methoxy groups -OCH3 is 2. The summed E-state index contributed by atoms with van der Waals surface area (Å²) in [6.45, 7) is 5.82. The average molecular weight is 307 g/mol. The van der Waals surface area contributed by atoms with E-state index in [1.165, 1.54) is 7.11 Å². The van der Waals surface area contributed by atoms with Gasteiger partial charge in [0, 0.05) is 0 Å². The molecule has 1 aromatic rings. The minimum atomic E-state index is -0.609. The Hall–Kier alpha value is -2.04. The van der Waals surface area contributed by atoms with E-state index in [9.17, 15) is 9.59 Å². The van der Waals surface area contributed by atoms with E-state index >= 15 is 0 Å². The van der Waals surface area contributed by atoms with Crippen LogP contribution in [-0.2, 0) is 20.7 Å². The fourth-order valence-corrected chi connectivity index (χ4v) is 2.26. The minimum absolute atomic E-state index is 0.0222. The molecule has 0 radical (unpaired) electrons. The highest BCUT2D eigenvalue weighted by molar-refractivity contribution is 5.85. The molecular weight excluding hydrogens is 282 g/mol. The Labute approximate surface area is 132 Å². The number of hydrogen-bond acceptors (Lipinski definition) is 4. The Bertz CT molecular complexity index is 527. The van der Waals surface area contributed by atoms with Crippen molar-refractivity contribution < 1.29 is 19.1 Å². The highest BCUT2D eigenvalue weighted by atomic mass is 16.5. The van der Waals surface area contributed by atoms with Crippen LogP contribution in [0.2, 0.25) is 0 Å². The predicted octanol–water partition coefficient (Wildman–Crippen LogP) is 2.25. The van der Waals surface area contributed by atoms with Crippen LogP contribution < -0.4 is 10.1 Å². The lowest BCUT2D eigenvalue weighted by Crippen LogP contribution is -2.46. The Morgan fingerprint density at radius 1 is 1.27 bits per heavy atom. The van der Waals surface area contributed by atoms with Gasteiger partial charge in [-0.25, -0.2) is 4.79 Å². The number of nitrogens with one attached hydrogen (secondary N) is 1. The molecule has 0 heterocycles. The smallest absolute Gasteiger partial charge is 0.328 e. The average Bonchev–Trinajstić information content (AvgIpc) is 2.51. The number of carbonyl (C=O) groups excluding carboxylic acids is 2. The van der Waals surface area contributed by atoms with Crippen LogP contribution in [0.3, 0.4) is 0 Å². The van der Waals surface area contributed by atoms with Crippen LogP contribution in [0.15, 0.2) is 18.2 Å². The number of rotatable bonds is 7. The molecule has 0 spiro atoms. The van der Waals surface area contributed by atoms with Crippen LogP contribution >= 0.6 is 0 Å². The molecule has 1 aromatic carbocycles.